The monoisotopic (exact) mass is 365 g/mol. The van der Waals surface area contributed by atoms with Crippen molar-refractivity contribution in [2.75, 3.05) is 11.9 Å². The number of para-hydroxylation sites is 1. The van der Waals surface area contributed by atoms with Gasteiger partial charge in [0.25, 0.3) is 5.91 Å². The number of hydrogen-bond donors (Lipinski definition) is 1. The van der Waals surface area contributed by atoms with Gasteiger partial charge in [-0.1, -0.05) is 29.8 Å². The number of carbonyl (C=O) groups is 1. The molecule has 0 saturated carbocycles. The first-order valence-corrected chi connectivity index (χ1v) is 8.58. The smallest absolute Gasteiger partial charge is 0.262 e. The van der Waals surface area contributed by atoms with E-state index in [0.717, 1.165) is 27.5 Å². The number of amides is 1. The summed E-state index contributed by atoms with van der Waals surface area (Å²) in [5.41, 5.74) is 3.11. The molecule has 26 heavy (non-hydrogen) atoms. The van der Waals surface area contributed by atoms with Crippen molar-refractivity contribution in [3.8, 4) is 5.75 Å². The maximum Gasteiger partial charge on any atom is 0.262 e. The Hall–Kier alpha value is -2.98. The van der Waals surface area contributed by atoms with E-state index in [-0.39, 0.29) is 12.5 Å². The van der Waals surface area contributed by atoms with Crippen LogP contribution < -0.4 is 10.1 Å². The van der Waals surface area contributed by atoms with Gasteiger partial charge in [0.05, 0.1) is 0 Å². The average molecular weight is 366 g/mol. The molecule has 5 heteroatoms. The van der Waals surface area contributed by atoms with Gasteiger partial charge in [-0.2, -0.15) is 0 Å². The number of carbonyl (C=O) groups excluding carboxylic acids is 1. The zero-order valence-corrected chi connectivity index (χ0v) is 14.8. The minimum absolute atomic E-state index is 0.0827. The van der Waals surface area contributed by atoms with Gasteiger partial charge in [-0.05, 0) is 48.9 Å². The second-order valence-corrected chi connectivity index (χ2v) is 6.49. The van der Waals surface area contributed by atoms with Gasteiger partial charge < -0.3 is 14.5 Å². The number of anilines is 1. The van der Waals surface area contributed by atoms with Gasteiger partial charge in [0.1, 0.15) is 16.9 Å². The Kier molecular flexibility index (Phi) is 4.27. The van der Waals surface area contributed by atoms with Gasteiger partial charge in [-0.25, -0.2) is 0 Å². The summed E-state index contributed by atoms with van der Waals surface area (Å²) in [7, 11) is 0. The van der Waals surface area contributed by atoms with Gasteiger partial charge in [-0.15, -0.1) is 0 Å². The summed E-state index contributed by atoms with van der Waals surface area (Å²) < 4.78 is 11.4. The van der Waals surface area contributed by atoms with Crippen LogP contribution in [-0.4, -0.2) is 12.5 Å². The minimum Gasteiger partial charge on any atom is -0.483 e. The number of ether oxygens (including phenoxy) is 1. The zero-order chi connectivity index (χ0) is 18.1. The molecule has 0 aliphatic heterocycles. The Bertz CT molecular complexity index is 1120. The summed E-state index contributed by atoms with van der Waals surface area (Å²) >= 11 is 5.92. The largest absolute Gasteiger partial charge is 0.483 e. The first-order valence-electron chi connectivity index (χ1n) is 8.20. The van der Waals surface area contributed by atoms with Crippen LogP contribution in [0.2, 0.25) is 5.02 Å². The van der Waals surface area contributed by atoms with Crippen LogP contribution in [0.4, 0.5) is 5.69 Å². The van der Waals surface area contributed by atoms with Gasteiger partial charge in [0.2, 0.25) is 0 Å². The van der Waals surface area contributed by atoms with E-state index in [0.29, 0.717) is 16.5 Å². The highest BCUT2D eigenvalue weighted by Crippen LogP contribution is 2.30. The van der Waals surface area contributed by atoms with Crippen molar-refractivity contribution in [1.29, 1.82) is 0 Å². The van der Waals surface area contributed by atoms with Crippen molar-refractivity contribution in [1.82, 2.24) is 0 Å². The van der Waals surface area contributed by atoms with Crippen LogP contribution in [0.1, 0.15) is 5.56 Å². The first kappa shape index (κ1) is 16.5. The normalized spacial score (nSPS) is 11.0. The molecule has 0 atom stereocenters. The second kappa shape index (κ2) is 6.73. The van der Waals surface area contributed by atoms with E-state index < -0.39 is 0 Å². The Labute approximate surface area is 155 Å². The predicted molar refractivity (Wildman–Crippen MR) is 104 cm³/mol. The number of fused-ring (bicyclic) bond motifs is 3. The van der Waals surface area contributed by atoms with E-state index in [2.05, 4.69) is 5.32 Å². The van der Waals surface area contributed by atoms with E-state index in [1.54, 1.807) is 18.2 Å². The number of hydrogen-bond acceptors (Lipinski definition) is 3. The molecule has 0 aliphatic carbocycles. The Morgan fingerprint density at radius 3 is 2.69 bits per heavy atom. The number of rotatable bonds is 4. The highest BCUT2D eigenvalue weighted by atomic mass is 35.5. The molecule has 1 amide bonds. The van der Waals surface area contributed by atoms with Crippen LogP contribution in [0.3, 0.4) is 0 Å². The third-order valence-corrected chi connectivity index (χ3v) is 4.39. The minimum atomic E-state index is -0.241. The first-order chi connectivity index (χ1) is 12.6. The van der Waals surface area contributed by atoms with Crippen LogP contribution in [0, 0.1) is 6.92 Å². The van der Waals surface area contributed by atoms with Crippen LogP contribution in [0.15, 0.2) is 65.1 Å². The Morgan fingerprint density at radius 1 is 1.04 bits per heavy atom. The fourth-order valence-electron chi connectivity index (χ4n) is 2.92. The van der Waals surface area contributed by atoms with Crippen molar-refractivity contribution < 1.29 is 13.9 Å². The van der Waals surface area contributed by atoms with Crippen molar-refractivity contribution in [2.24, 2.45) is 0 Å². The van der Waals surface area contributed by atoms with E-state index >= 15 is 0 Å². The molecule has 0 spiro atoms. The van der Waals surface area contributed by atoms with Crippen LogP contribution in [0.25, 0.3) is 21.9 Å². The Morgan fingerprint density at radius 2 is 1.85 bits per heavy atom. The lowest BCUT2D eigenvalue weighted by Gasteiger charge is -2.10. The van der Waals surface area contributed by atoms with Crippen LogP contribution >= 0.6 is 11.6 Å². The fourth-order valence-corrected chi connectivity index (χ4v) is 3.15. The number of nitrogens with one attached hydrogen (secondary N) is 1. The lowest BCUT2D eigenvalue weighted by molar-refractivity contribution is -0.118. The lowest BCUT2D eigenvalue weighted by Crippen LogP contribution is -2.20. The number of furan rings is 1. The maximum absolute atomic E-state index is 12.2. The molecule has 0 radical (unpaired) electrons. The maximum atomic E-state index is 12.2. The molecule has 0 bridgehead atoms. The standard InChI is InChI=1S/C21H16ClNO3/c1-13-10-14(22)6-9-18(13)25-12-21(24)23-15-7-8-17-16-4-2-3-5-19(16)26-20(17)11-15/h2-11H,12H2,1H3,(H,23,24). The summed E-state index contributed by atoms with van der Waals surface area (Å²) in [6.07, 6.45) is 0. The van der Waals surface area contributed by atoms with Crippen molar-refractivity contribution in [3.63, 3.8) is 0 Å². The number of benzene rings is 3. The fraction of sp³-hybridized carbons (Fsp3) is 0.0952. The summed E-state index contributed by atoms with van der Waals surface area (Å²) in [6.45, 7) is 1.80. The molecule has 4 nitrogen and oxygen atoms in total. The van der Waals surface area contributed by atoms with Crippen molar-refractivity contribution in [2.45, 2.75) is 6.92 Å². The quantitative estimate of drug-likeness (QED) is 0.514. The SMILES string of the molecule is Cc1cc(Cl)ccc1OCC(=O)Nc1ccc2c(c1)oc1ccccc12. The lowest BCUT2D eigenvalue weighted by atomic mass is 10.1. The molecule has 0 aliphatic rings. The molecule has 4 rings (SSSR count). The average Bonchev–Trinajstić information content (AvgIpc) is 2.98. The van der Waals surface area contributed by atoms with Crippen LogP contribution in [-0.2, 0) is 4.79 Å². The molecule has 0 unspecified atom stereocenters. The molecule has 3 aromatic carbocycles. The van der Waals surface area contributed by atoms with E-state index in [9.17, 15) is 4.79 Å². The topological polar surface area (TPSA) is 51.5 Å². The summed E-state index contributed by atoms with van der Waals surface area (Å²) in [6, 6.07) is 18.8. The van der Waals surface area contributed by atoms with Gasteiger partial charge in [0.15, 0.2) is 6.61 Å². The number of halogens is 1. The zero-order valence-electron chi connectivity index (χ0n) is 14.1. The van der Waals surface area contributed by atoms with Gasteiger partial charge in [0, 0.05) is 27.5 Å². The van der Waals surface area contributed by atoms with Gasteiger partial charge in [-0.3, -0.25) is 4.79 Å². The Balaban J connectivity index is 1.47. The summed E-state index contributed by atoms with van der Waals surface area (Å²) in [4.78, 5) is 12.2. The van der Waals surface area contributed by atoms with Crippen molar-refractivity contribution >= 4 is 45.1 Å². The molecule has 0 fully saturated rings. The van der Waals surface area contributed by atoms with Gasteiger partial charge >= 0.3 is 0 Å². The van der Waals surface area contributed by atoms with Crippen LogP contribution in [0.5, 0.6) is 5.75 Å². The van der Waals surface area contributed by atoms with E-state index in [4.69, 9.17) is 20.8 Å². The molecule has 0 saturated heterocycles. The number of aryl methyl sites for hydroxylation is 1. The highest BCUT2D eigenvalue weighted by molar-refractivity contribution is 6.30. The molecule has 130 valence electrons. The summed E-state index contributed by atoms with van der Waals surface area (Å²) in [5.74, 6) is 0.395. The highest BCUT2D eigenvalue weighted by Gasteiger charge is 2.09. The predicted octanol–water partition coefficient (Wildman–Crippen LogP) is 5.57. The van der Waals surface area contributed by atoms with Crippen molar-refractivity contribution in [3.05, 3.63) is 71.2 Å². The molecule has 1 aromatic heterocycles. The second-order valence-electron chi connectivity index (χ2n) is 6.06. The molecular formula is C21H16ClNO3. The third kappa shape index (κ3) is 3.24. The molecule has 1 heterocycles. The summed E-state index contributed by atoms with van der Waals surface area (Å²) in [5, 5.41) is 5.54. The third-order valence-electron chi connectivity index (χ3n) is 4.16. The molecular weight excluding hydrogens is 350 g/mol. The molecule has 4 aromatic rings. The van der Waals surface area contributed by atoms with E-state index in [1.165, 1.54) is 0 Å². The van der Waals surface area contributed by atoms with E-state index in [1.807, 2.05) is 49.4 Å². The molecule has 1 N–H and O–H groups in total.